The van der Waals surface area contributed by atoms with E-state index in [9.17, 15) is 4.21 Å². The van der Waals surface area contributed by atoms with Crippen molar-refractivity contribution in [2.45, 2.75) is 17.5 Å². The van der Waals surface area contributed by atoms with Crippen LogP contribution in [0.4, 0.5) is 0 Å². The Kier molecular flexibility index (Phi) is 2.42. The first-order valence-electron chi connectivity index (χ1n) is 4.12. The third kappa shape index (κ3) is 1.48. The molecule has 7 heteroatoms. The average molecular weight is 217 g/mol. The number of thiol groups is 1. The van der Waals surface area contributed by atoms with Crippen LogP contribution in [0.5, 0.6) is 5.88 Å². The monoisotopic (exact) mass is 217 g/mol. The molecule has 0 fully saturated rings. The molecule has 0 saturated carbocycles. The highest BCUT2D eigenvalue weighted by molar-refractivity contribution is 7.73. The summed E-state index contributed by atoms with van der Waals surface area (Å²) in [5.41, 5.74) is 0. The van der Waals surface area contributed by atoms with Crippen molar-refractivity contribution >= 4 is 10.6 Å². The Morgan fingerprint density at radius 3 is 3.29 bits per heavy atom. The van der Waals surface area contributed by atoms with Gasteiger partial charge in [0.15, 0.2) is 0 Å². The Morgan fingerprint density at radius 2 is 2.64 bits per heavy atom. The van der Waals surface area contributed by atoms with Crippen molar-refractivity contribution in [3.05, 3.63) is 6.20 Å². The molecule has 6 nitrogen and oxygen atoms in total. The van der Waals surface area contributed by atoms with Gasteiger partial charge in [0.05, 0.1) is 23.3 Å². The maximum absolute atomic E-state index is 11.0. The number of nitrogens with zero attached hydrogens (tertiary/aromatic N) is 2. The first-order chi connectivity index (χ1) is 6.72. The Morgan fingerprint density at radius 1 is 1.86 bits per heavy atom. The fraction of sp³-hybridized carbons (Fsp3) is 0.571. The van der Waals surface area contributed by atoms with E-state index in [2.05, 4.69) is 5.10 Å². The van der Waals surface area contributed by atoms with Gasteiger partial charge in [0.2, 0.25) is 5.88 Å². The number of hydrogen-bond acceptors (Lipinski definition) is 5. The van der Waals surface area contributed by atoms with E-state index in [0.29, 0.717) is 23.9 Å². The zero-order valence-electron chi connectivity index (χ0n) is 7.64. The van der Waals surface area contributed by atoms with Gasteiger partial charge < -0.3 is 9.47 Å². The van der Waals surface area contributed by atoms with Crippen molar-refractivity contribution in [1.29, 1.82) is 4.78 Å². The minimum Gasteiger partial charge on any atom is -0.474 e. The molecule has 0 bridgehead atoms. The molecule has 2 rings (SSSR count). The Labute approximate surface area is 82.8 Å². The number of hydrogen-bond donors (Lipinski definition) is 2. The average Bonchev–Trinajstić information content (AvgIpc) is 2.59. The summed E-state index contributed by atoms with van der Waals surface area (Å²) >= 11 is 0. The van der Waals surface area contributed by atoms with Crippen LogP contribution in [0.15, 0.2) is 11.1 Å². The van der Waals surface area contributed by atoms with Gasteiger partial charge in [0.25, 0.3) is 0 Å². The normalized spacial score (nSPS) is 22.5. The highest BCUT2D eigenvalue weighted by Crippen LogP contribution is 2.24. The molecule has 2 heterocycles. The largest absolute Gasteiger partial charge is 0.474 e. The van der Waals surface area contributed by atoms with Crippen LogP contribution in [0.3, 0.4) is 0 Å². The molecule has 1 aliphatic heterocycles. The molecule has 0 spiro atoms. The van der Waals surface area contributed by atoms with Gasteiger partial charge in [0.1, 0.15) is 17.6 Å². The van der Waals surface area contributed by atoms with Gasteiger partial charge in [-0.1, -0.05) is 0 Å². The Hall–Kier alpha value is -1.08. The van der Waals surface area contributed by atoms with Crippen molar-refractivity contribution in [3.63, 3.8) is 0 Å². The van der Waals surface area contributed by atoms with E-state index in [-0.39, 0.29) is 6.10 Å². The van der Waals surface area contributed by atoms with Crippen LogP contribution < -0.4 is 4.74 Å². The number of fused-ring (bicyclic) bond motifs is 1. The summed E-state index contributed by atoms with van der Waals surface area (Å²) in [4.78, 5) is 0.356. The molecule has 1 aliphatic rings. The van der Waals surface area contributed by atoms with Crippen molar-refractivity contribution in [3.8, 4) is 5.88 Å². The minimum atomic E-state index is -2.14. The summed E-state index contributed by atoms with van der Waals surface area (Å²) in [7, 11) is -0.535. The highest BCUT2D eigenvalue weighted by Gasteiger charge is 2.23. The minimum absolute atomic E-state index is 0.0288. The summed E-state index contributed by atoms with van der Waals surface area (Å²) in [5.74, 6) is 0.439. The van der Waals surface area contributed by atoms with E-state index in [0.717, 1.165) is 0 Å². The molecular weight excluding hydrogens is 206 g/mol. The molecule has 1 unspecified atom stereocenters. The molecular formula is C7H11N3O3S. The SMILES string of the molecule is CO[C@@H]1COc2c([SH](=N)=O)cnn2C1. The molecule has 1 aromatic rings. The van der Waals surface area contributed by atoms with Crippen LogP contribution >= 0.6 is 0 Å². The van der Waals surface area contributed by atoms with Gasteiger partial charge in [0, 0.05) is 7.11 Å². The molecule has 14 heavy (non-hydrogen) atoms. The molecule has 0 amide bonds. The maximum Gasteiger partial charge on any atom is 0.229 e. The number of ether oxygens (including phenoxy) is 2. The van der Waals surface area contributed by atoms with E-state index >= 15 is 0 Å². The van der Waals surface area contributed by atoms with E-state index in [4.69, 9.17) is 14.3 Å². The number of methoxy groups -OCH3 is 1. The Balaban J connectivity index is 2.34. The molecule has 0 aliphatic carbocycles. The van der Waals surface area contributed by atoms with E-state index < -0.39 is 10.6 Å². The first kappa shape index (κ1) is 9.47. The summed E-state index contributed by atoms with van der Waals surface area (Å²) in [6.07, 6.45) is 1.39. The van der Waals surface area contributed by atoms with Crippen molar-refractivity contribution in [1.82, 2.24) is 9.78 Å². The molecule has 0 radical (unpaired) electrons. The standard InChI is InChI=1S/C7H11N3O3S/c1-12-5-3-10-7(13-4-5)6(2-9-10)14(8)11/h2,5,8,14H,3-4H2,1H3/t5-/m0/s1. The fourth-order valence-electron chi connectivity index (χ4n) is 1.34. The van der Waals surface area contributed by atoms with Crippen LogP contribution in [0.25, 0.3) is 0 Å². The lowest BCUT2D eigenvalue weighted by Crippen LogP contribution is -2.31. The lowest BCUT2D eigenvalue weighted by molar-refractivity contribution is 0.0165. The fourth-order valence-corrected chi connectivity index (χ4v) is 1.85. The highest BCUT2D eigenvalue weighted by atomic mass is 32.2. The zero-order chi connectivity index (χ0) is 10.1. The van der Waals surface area contributed by atoms with Crippen LogP contribution in [-0.4, -0.2) is 33.8 Å². The predicted octanol–water partition coefficient (Wildman–Crippen LogP) is -0.107. The van der Waals surface area contributed by atoms with E-state index in [1.54, 1.807) is 11.8 Å². The Bertz CT molecular complexity index is 404. The smallest absolute Gasteiger partial charge is 0.229 e. The molecule has 2 atom stereocenters. The molecule has 78 valence electrons. The second-order valence-corrected chi connectivity index (χ2v) is 4.05. The van der Waals surface area contributed by atoms with Crippen LogP contribution in [0, 0.1) is 4.78 Å². The molecule has 0 aromatic carbocycles. The topological polar surface area (TPSA) is 77.2 Å². The van der Waals surface area contributed by atoms with Crippen molar-refractivity contribution < 1.29 is 13.7 Å². The second kappa shape index (κ2) is 3.58. The predicted molar refractivity (Wildman–Crippen MR) is 49.0 cm³/mol. The van der Waals surface area contributed by atoms with Gasteiger partial charge in [-0.15, -0.1) is 0 Å². The van der Waals surface area contributed by atoms with Crippen LogP contribution in [-0.2, 0) is 21.9 Å². The molecule has 1 N–H and O–H groups in total. The molecule has 1 aromatic heterocycles. The summed E-state index contributed by atoms with van der Waals surface area (Å²) < 4.78 is 30.1. The summed E-state index contributed by atoms with van der Waals surface area (Å²) in [6.45, 7) is 0.993. The number of nitrogens with one attached hydrogen (secondary N) is 1. The lowest BCUT2D eigenvalue weighted by atomic mass is 10.3. The summed E-state index contributed by atoms with van der Waals surface area (Å²) in [5, 5.41) is 3.98. The van der Waals surface area contributed by atoms with Crippen LogP contribution in [0.2, 0.25) is 0 Å². The molecule has 0 saturated heterocycles. The van der Waals surface area contributed by atoms with Gasteiger partial charge >= 0.3 is 0 Å². The quantitative estimate of drug-likeness (QED) is 0.678. The van der Waals surface area contributed by atoms with Gasteiger partial charge in [-0.2, -0.15) is 5.10 Å². The van der Waals surface area contributed by atoms with E-state index in [1.807, 2.05) is 0 Å². The second-order valence-electron chi connectivity index (χ2n) is 2.98. The number of aromatic nitrogens is 2. The van der Waals surface area contributed by atoms with Gasteiger partial charge in [-0.05, 0) is 0 Å². The van der Waals surface area contributed by atoms with Crippen molar-refractivity contribution in [2.75, 3.05) is 13.7 Å². The lowest BCUT2D eigenvalue weighted by Gasteiger charge is -2.22. The third-order valence-corrected chi connectivity index (χ3v) is 2.85. The van der Waals surface area contributed by atoms with E-state index in [1.165, 1.54) is 6.20 Å². The third-order valence-electron chi connectivity index (χ3n) is 2.11. The van der Waals surface area contributed by atoms with Gasteiger partial charge in [-0.3, -0.25) is 4.78 Å². The maximum atomic E-state index is 11.0. The zero-order valence-corrected chi connectivity index (χ0v) is 8.53. The first-order valence-corrected chi connectivity index (χ1v) is 5.38. The van der Waals surface area contributed by atoms with Gasteiger partial charge in [-0.25, -0.2) is 8.89 Å². The van der Waals surface area contributed by atoms with Crippen molar-refractivity contribution in [2.24, 2.45) is 0 Å². The summed E-state index contributed by atoms with van der Waals surface area (Å²) in [6, 6.07) is 0. The van der Waals surface area contributed by atoms with Crippen LogP contribution in [0.1, 0.15) is 0 Å². The number of rotatable bonds is 2.